The summed E-state index contributed by atoms with van der Waals surface area (Å²) in [6, 6.07) is 14.4. The molecule has 0 spiro atoms. The number of fused-ring (bicyclic) bond motifs is 1. The lowest BCUT2D eigenvalue weighted by Crippen LogP contribution is -2.22. The van der Waals surface area contributed by atoms with Crippen LogP contribution in [-0.2, 0) is 27.8 Å². The second-order valence-electron chi connectivity index (χ2n) is 7.81. The van der Waals surface area contributed by atoms with Gasteiger partial charge < -0.3 is 9.88 Å². The monoisotopic (exact) mass is 466 g/mol. The Morgan fingerprint density at radius 3 is 2.52 bits per heavy atom. The van der Waals surface area contributed by atoms with Crippen LogP contribution in [0.4, 0.5) is 5.69 Å². The maximum absolute atomic E-state index is 12.5. The molecule has 1 amide bonds. The van der Waals surface area contributed by atoms with Crippen LogP contribution >= 0.6 is 0 Å². The minimum atomic E-state index is -3.54. The van der Waals surface area contributed by atoms with Crippen molar-refractivity contribution in [3.63, 3.8) is 0 Å². The van der Waals surface area contributed by atoms with Crippen LogP contribution in [0.2, 0.25) is 0 Å². The van der Waals surface area contributed by atoms with Crippen LogP contribution in [0.25, 0.3) is 22.3 Å². The zero-order valence-corrected chi connectivity index (χ0v) is 19.6. The molecule has 0 atom stereocenters. The van der Waals surface area contributed by atoms with E-state index >= 15 is 0 Å². The van der Waals surface area contributed by atoms with E-state index in [4.69, 9.17) is 0 Å². The standard InChI is InChI=1S/C23H26N6O3S/c1-4-29-21-10-9-18(33(31,32)28(2)3)15-20(21)26-22(29)11-12-23(30)25-17-7-5-16(6-8-17)19-13-14-24-27-19/h5-10,13-15H,4,11-12H2,1-3H3,(H,24,27)(H,25,30). The Balaban J connectivity index is 1.46. The summed E-state index contributed by atoms with van der Waals surface area (Å²) < 4.78 is 28.1. The smallest absolute Gasteiger partial charge is 0.242 e. The van der Waals surface area contributed by atoms with E-state index in [9.17, 15) is 13.2 Å². The molecule has 0 saturated heterocycles. The fraction of sp³-hybridized carbons (Fsp3) is 0.261. The molecule has 0 aliphatic heterocycles. The molecule has 0 saturated carbocycles. The minimum Gasteiger partial charge on any atom is -0.328 e. The van der Waals surface area contributed by atoms with Gasteiger partial charge in [0, 0.05) is 45.4 Å². The fourth-order valence-electron chi connectivity index (χ4n) is 3.67. The van der Waals surface area contributed by atoms with Crippen LogP contribution in [0, 0.1) is 0 Å². The number of nitrogens with one attached hydrogen (secondary N) is 2. The molecule has 4 aromatic rings. The van der Waals surface area contributed by atoms with Crippen molar-refractivity contribution in [2.24, 2.45) is 0 Å². The predicted octanol–water partition coefficient (Wildman–Crippen LogP) is 3.27. The van der Waals surface area contributed by atoms with Crippen molar-refractivity contribution in [1.82, 2.24) is 24.1 Å². The molecule has 172 valence electrons. The van der Waals surface area contributed by atoms with Gasteiger partial charge in [0.1, 0.15) is 5.82 Å². The first-order valence-electron chi connectivity index (χ1n) is 10.6. The molecule has 10 heteroatoms. The van der Waals surface area contributed by atoms with Crippen molar-refractivity contribution in [1.29, 1.82) is 0 Å². The van der Waals surface area contributed by atoms with Gasteiger partial charge in [0.15, 0.2) is 0 Å². The number of amides is 1. The number of sulfonamides is 1. The largest absolute Gasteiger partial charge is 0.328 e. The van der Waals surface area contributed by atoms with E-state index in [2.05, 4.69) is 20.5 Å². The van der Waals surface area contributed by atoms with Crippen LogP contribution in [0.1, 0.15) is 19.2 Å². The van der Waals surface area contributed by atoms with E-state index in [-0.39, 0.29) is 17.2 Å². The normalized spacial score (nSPS) is 11.9. The van der Waals surface area contributed by atoms with Crippen LogP contribution in [0.15, 0.2) is 59.6 Å². The van der Waals surface area contributed by atoms with Crippen molar-refractivity contribution < 1.29 is 13.2 Å². The predicted molar refractivity (Wildman–Crippen MR) is 127 cm³/mol. The van der Waals surface area contributed by atoms with E-state index in [0.717, 1.165) is 22.6 Å². The van der Waals surface area contributed by atoms with Crippen molar-refractivity contribution in [3.05, 3.63) is 60.6 Å². The lowest BCUT2D eigenvalue weighted by Gasteiger charge is -2.11. The van der Waals surface area contributed by atoms with E-state index in [1.165, 1.54) is 18.4 Å². The number of nitrogens with zero attached hydrogens (tertiary/aromatic N) is 4. The third-order valence-corrected chi connectivity index (χ3v) is 7.26. The molecule has 0 bridgehead atoms. The average molecular weight is 467 g/mol. The number of hydrogen-bond acceptors (Lipinski definition) is 5. The number of carbonyl (C=O) groups excluding carboxylic acids is 1. The molecule has 2 aromatic carbocycles. The number of benzene rings is 2. The highest BCUT2D eigenvalue weighted by atomic mass is 32.2. The molecular weight excluding hydrogens is 440 g/mol. The molecule has 0 unspecified atom stereocenters. The maximum Gasteiger partial charge on any atom is 0.242 e. The number of aromatic amines is 1. The molecule has 9 nitrogen and oxygen atoms in total. The van der Waals surface area contributed by atoms with E-state index in [1.54, 1.807) is 24.4 Å². The topological polar surface area (TPSA) is 113 Å². The summed E-state index contributed by atoms with van der Waals surface area (Å²) >= 11 is 0. The highest BCUT2D eigenvalue weighted by molar-refractivity contribution is 7.89. The number of rotatable bonds is 8. The fourth-order valence-corrected chi connectivity index (χ4v) is 4.60. The summed E-state index contributed by atoms with van der Waals surface area (Å²) in [5.74, 6) is 0.631. The average Bonchev–Trinajstić information content (AvgIpc) is 3.45. The van der Waals surface area contributed by atoms with E-state index < -0.39 is 10.0 Å². The molecule has 2 aromatic heterocycles. The maximum atomic E-state index is 12.5. The van der Waals surface area contributed by atoms with Crippen molar-refractivity contribution >= 4 is 32.7 Å². The van der Waals surface area contributed by atoms with Crippen LogP contribution < -0.4 is 5.32 Å². The summed E-state index contributed by atoms with van der Waals surface area (Å²) in [7, 11) is -0.544. The molecule has 33 heavy (non-hydrogen) atoms. The van der Waals surface area contributed by atoms with Gasteiger partial charge in [-0.15, -0.1) is 0 Å². The number of aryl methyl sites for hydroxylation is 2. The molecule has 0 fully saturated rings. The second-order valence-corrected chi connectivity index (χ2v) is 9.96. The van der Waals surface area contributed by atoms with Crippen LogP contribution in [0.3, 0.4) is 0 Å². The van der Waals surface area contributed by atoms with Crippen molar-refractivity contribution in [2.75, 3.05) is 19.4 Å². The van der Waals surface area contributed by atoms with Gasteiger partial charge in [-0.25, -0.2) is 17.7 Å². The SMILES string of the molecule is CCn1c(CCC(=O)Nc2ccc(-c3ccn[nH]3)cc2)nc2cc(S(=O)(=O)N(C)C)ccc21. The van der Waals surface area contributed by atoms with Gasteiger partial charge in [0.25, 0.3) is 0 Å². The van der Waals surface area contributed by atoms with Crippen LogP contribution in [-0.4, -0.2) is 52.5 Å². The minimum absolute atomic E-state index is 0.116. The molecule has 4 rings (SSSR count). The van der Waals surface area contributed by atoms with Gasteiger partial charge in [0.2, 0.25) is 15.9 Å². The molecule has 0 aliphatic carbocycles. The molecule has 2 N–H and O–H groups in total. The van der Waals surface area contributed by atoms with Gasteiger partial charge in [-0.3, -0.25) is 9.89 Å². The summed E-state index contributed by atoms with van der Waals surface area (Å²) in [6.07, 6.45) is 2.39. The molecule has 0 radical (unpaired) electrons. The second kappa shape index (κ2) is 9.16. The van der Waals surface area contributed by atoms with Crippen molar-refractivity contribution in [3.8, 4) is 11.3 Å². The van der Waals surface area contributed by atoms with Crippen molar-refractivity contribution in [2.45, 2.75) is 31.2 Å². The van der Waals surface area contributed by atoms with Gasteiger partial charge in [-0.2, -0.15) is 5.10 Å². The van der Waals surface area contributed by atoms with Gasteiger partial charge >= 0.3 is 0 Å². The lowest BCUT2D eigenvalue weighted by molar-refractivity contribution is -0.116. The summed E-state index contributed by atoms with van der Waals surface area (Å²) in [5.41, 5.74) is 4.06. The number of imidazole rings is 1. The van der Waals surface area contributed by atoms with Gasteiger partial charge in [0.05, 0.1) is 21.6 Å². The number of hydrogen-bond donors (Lipinski definition) is 2. The first-order valence-corrected chi connectivity index (χ1v) is 12.0. The third kappa shape index (κ3) is 4.67. The third-order valence-electron chi connectivity index (χ3n) is 5.45. The summed E-state index contributed by atoms with van der Waals surface area (Å²) in [5, 5.41) is 9.76. The first-order chi connectivity index (χ1) is 15.8. The quantitative estimate of drug-likeness (QED) is 0.414. The highest BCUT2D eigenvalue weighted by Gasteiger charge is 2.19. The Morgan fingerprint density at radius 2 is 1.88 bits per heavy atom. The van der Waals surface area contributed by atoms with Gasteiger partial charge in [-0.1, -0.05) is 12.1 Å². The Hall–Kier alpha value is -3.50. The zero-order chi connectivity index (χ0) is 23.6. The molecular formula is C23H26N6O3S. The molecule has 0 aliphatic rings. The van der Waals surface area contributed by atoms with Crippen LogP contribution in [0.5, 0.6) is 0 Å². The molecule has 2 heterocycles. The zero-order valence-electron chi connectivity index (χ0n) is 18.7. The lowest BCUT2D eigenvalue weighted by atomic mass is 10.1. The first kappa shape index (κ1) is 22.7. The highest BCUT2D eigenvalue weighted by Crippen LogP contribution is 2.23. The summed E-state index contributed by atoms with van der Waals surface area (Å²) in [6.45, 7) is 2.67. The van der Waals surface area contributed by atoms with E-state index in [0.29, 0.717) is 24.2 Å². The summed E-state index contributed by atoms with van der Waals surface area (Å²) in [4.78, 5) is 17.4. The number of aromatic nitrogens is 4. The number of anilines is 1. The Morgan fingerprint density at radius 1 is 1.12 bits per heavy atom. The number of H-pyrrole nitrogens is 1. The Bertz CT molecular complexity index is 1370. The Kier molecular flexibility index (Phi) is 6.30. The van der Waals surface area contributed by atoms with Gasteiger partial charge in [-0.05, 0) is 48.9 Å². The number of carbonyl (C=O) groups is 1. The Labute approximate surface area is 192 Å². The van der Waals surface area contributed by atoms with E-state index in [1.807, 2.05) is 41.8 Å².